The van der Waals surface area contributed by atoms with Crippen LogP contribution >= 0.6 is 0 Å². The number of aromatic nitrogens is 2. The zero-order valence-corrected chi connectivity index (χ0v) is 7.78. The highest BCUT2D eigenvalue weighted by Crippen LogP contribution is 2.02. The van der Waals surface area contributed by atoms with Gasteiger partial charge in [0.15, 0.2) is 0 Å². The van der Waals surface area contributed by atoms with E-state index in [4.69, 9.17) is 0 Å². The second-order valence-corrected chi connectivity index (χ2v) is 2.99. The van der Waals surface area contributed by atoms with E-state index < -0.39 is 0 Å². The molecule has 0 aliphatic carbocycles. The summed E-state index contributed by atoms with van der Waals surface area (Å²) < 4.78 is 0. The first kappa shape index (κ1) is 9.38. The minimum atomic E-state index is -0.357. The Hall–Kier alpha value is -2.18. The number of carbonyl (C=O) groups is 2. The second-order valence-electron chi connectivity index (χ2n) is 2.99. The number of carbonyl (C=O) groups excluding carboxylic acids is 2. The lowest BCUT2D eigenvalue weighted by Gasteiger charge is -2.10. The van der Waals surface area contributed by atoms with Crippen molar-refractivity contribution in [3.8, 4) is 0 Å². The minimum Gasteiger partial charge on any atom is -0.331 e. The molecule has 78 valence electrons. The van der Waals surface area contributed by atoms with E-state index in [-0.39, 0.29) is 18.2 Å². The topological polar surface area (TPSA) is 99.2 Å². The lowest BCUT2D eigenvalue weighted by Crippen LogP contribution is -2.32. The maximum Gasteiger partial charge on any atom is 0.274 e. The zero-order chi connectivity index (χ0) is 10.7. The maximum atomic E-state index is 11.5. The number of rotatable bonds is 2. The zero-order valence-electron chi connectivity index (χ0n) is 7.78. The number of amides is 2. The smallest absolute Gasteiger partial charge is 0.274 e. The van der Waals surface area contributed by atoms with Crippen LogP contribution < -0.4 is 10.7 Å². The molecule has 1 aromatic rings. The van der Waals surface area contributed by atoms with Gasteiger partial charge in [0, 0.05) is 25.2 Å². The fourth-order valence-electron chi connectivity index (χ4n) is 1.15. The van der Waals surface area contributed by atoms with Crippen LogP contribution in [0.5, 0.6) is 0 Å². The highest BCUT2D eigenvalue weighted by molar-refractivity contribution is 6.43. The molecule has 2 amide bonds. The Morgan fingerprint density at radius 3 is 2.93 bits per heavy atom. The van der Waals surface area contributed by atoms with Crippen LogP contribution in [0.2, 0.25) is 0 Å². The molecule has 0 aromatic carbocycles. The van der Waals surface area contributed by atoms with Crippen LogP contribution in [-0.2, 0) is 9.59 Å². The summed E-state index contributed by atoms with van der Waals surface area (Å²) in [5, 5.41) is 6.17. The fourth-order valence-corrected chi connectivity index (χ4v) is 1.15. The summed E-state index contributed by atoms with van der Waals surface area (Å²) in [4.78, 5) is 28.9. The van der Waals surface area contributed by atoms with E-state index in [9.17, 15) is 9.59 Å². The summed E-state index contributed by atoms with van der Waals surface area (Å²) in [7, 11) is 0. The molecule has 2 heterocycles. The predicted molar refractivity (Wildman–Crippen MR) is 52.0 cm³/mol. The molecule has 15 heavy (non-hydrogen) atoms. The average molecular weight is 207 g/mol. The predicted octanol–water partition coefficient (Wildman–Crippen LogP) is -0.386. The van der Waals surface area contributed by atoms with Gasteiger partial charge in [-0.25, -0.2) is 10.4 Å². The van der Waals surface area contributed by atoms with Gasteiger partial charge in [-0.1, -0.05) is 0 Å². The maximum absolute atomic E-state index is 11.5. The molecule has 0 bridgehead atoms. The van der Waals surface area contributed by atoms with Crippen molar-refractivity contribution in [2.45, 2.75) is 12.8 Å². The Labute approximate surface area is 85.0 Å². The summed E-state index contributed by atoms with van der Waals surface area (Å²) in [6, 6.07) is 0. The van der Waals surface area contributed by atoms with Crippen LogP contribution in [0.1, 0.15) is 12.8 Å². The van der Waals surface area contributed by atoms with Crippen molar-refractivity contribution >= 4 is 23.5 Å². The normalized spacial score (nSPS) is 15.5. The van der Waals surface area contributed by atoms with Crippen molar-refractivity contribution in [2.75, 3.05) is 5.32 Å². The van der Waals surface area contributed by atoms with Crippen molar-refractivity contribution in [1.82, 2.24) is 15.4 Å². The molecule has 3 N–H and O–H groups in total. The first-order chi connectivity index (χ1) is 7.25. The number of nitrogens with one attached hydrogen (secondary N) is 3. The van der Waals surface area contributed by atoms with Crippen molar-refractivity contribution in [2.24, 2.45) is 5.10 Å². The lowest BCUT2D eigenvalue weighted by atomic mass is 10.2. The minimum absolute atomic E-state index is 0.176. The van der Waals surface area contributed by atoms with Crippen LogP contribution in [0.3, 0.4) is 0 Å². The van der Waals surface area contributed by atoms with Crippen LogP contribution in [0, 0.1) is 0 Å². The van der Waals surface area contributed by atoms with Crippen molar-refractivity contribution in [3.63, 3.8) is 0 Å². The summed E-state index contributed by atoms with van der Waals surface area (Å²) >= 11 is 0. The number of imidazole rings is 1. The Morgan fingerprint density at radius 1 is 1.47 bits per heavy atom. The summed E-state index contributed by atoms with van der Waals surface area (Å²) in [5.74, 6) is -0.172. The molecule has 0 saturated heterocycles. The standard InChI is InChI=1S/C8H9N5O2/c14-6-2-1-5(12-13-6)7(15)11-8-9-3-4-10-8/h3-4H,1-2H2,(H,13,14)(H2,9,10,11,15). The number of hydrogen-bond donors (Lipinski definition) is 3. The first-order valence-electron chi connectivity index (χ1n) is 4.42. The Balaban J connectivity index is 2.00. The molecule has 7 nitrogen and oxygen atoms in total. The molecule has 2 rings (SSSR count). The van der Waals surface area contributed by atoms with Gasteiger partial charge in [-0.2, -0.15) is 5.10 Å². The van der Waals surface area contributed by atoms with Crippen LogP contribution in [0.4, 0.5) is 5.95 Å². The van der Waals surface area contributed by atoms with E-state index in [0.717, 1.165) is 0 Å². The van der Waals surface area contributed by atoms with Gasteiger partial charge in [-0.05, 0) is 0 Å². The number of H-pyrrole nitrogens is 1. The third-order valence-corrected chi connectivity index (χ3v) is 1.90. The monoisotopic (exact) mass is 207 g/mol. The lowest BCUT2D eigenvalue weighted by molar-refractivity contribution is -0.121. The van der Waals surface area contributed by atoms with Crippen LogP contribution in [0.25, 0.3) is 0 Å². The Kier molecular flexibility index (Phi) is 2.44. The molecule has 1 aliphatic heterocycles. The summed E-state index contributed by atoms with van der Waals surface area (Å²) in [6.45, 7) is 0. The molecule has 0 saturated carbocycles. The molecular weight excluding hydrogens is 198 g/mol. The van der Waals surface area contributed by atoms with E-state index in [1.165, 1.54) is 6.20 Å². The molecule has 1 aromatic heterocycles. The van der Waals surface area contributed by atoms with E-state index >= 15 is 0 Å². The van der Waals surface area contributed by atoms with E-state index in [1.54, 1.807) is 6.20 Å². The molecule has 0 radical (unpaired) electrons. The Bertz CT molecular complexity index is 409. The van der Waals surface area contributed by atoms with Gasteiger partial charge in [0.1, 0.15) is 5.71 Å². The molecule has 0 atom stereocenters. The number of aromatic amines is 1. The quantitative estimate of drug-likeness (QED) is 0.616. The van der Waals surface area contributed by atoms with E-state index in [0.29, 0.717) is 18.1 Å². The van der Waals surface area contributed by atoms with Gasteiger partial charge in [0.25, 0.3) is 5.91 Å². The van der Waals surface area contributed by atoms with Gasteiger partial charge in [-0.15, -0.1) is 0 Å². The second kappa shape index (κ2) is 3.91. The third-order valence-electron chi connectivity index (χ3n) is 1.90. The first-order valence-corrected chi connectivity index (χ1v) is 4.42. The van der Waals surface area contributed by atoms with Crippen molar-refractivity contribution < 1.29 is 9.59 Å². The SMILES string of the molecule is O=C1CCC(C(=O)Nc2ncc[nH]2)=NN1. The van der Waals surface area contributed by atoms with Gasteiger partial charge in [0.05, 0.1) is 0 Å². The van der Waals surface area contributed by atoms with Gasteiger partial charge in [0.2, 0.25) is 11.9 Å². The van der Waals surface area contributed by atoms with Gasteiger partial charge in [-0.3, -0.25) is 14.9 Å². The highest BCUT2D eigenvalue weighted by atomic mass is 16.2. The van der Waals surface area contributed by atoms with Crippen LogP contribution in [-0.4, -0.2) is 27.5 Å². The van der Waals surface area contributed by atoms with Gasteiger partial charge < -0.3 is 4.98 Å². The molecule has 0 spiro atoms. The number of hydrazone groups is 1. The van der Waals surface area contributed by atoms with Gasteiger partial charge >= 0.3 is 0 Å². The largest absolute Gasteiger partial charge is 0.331 e. The van der Waals surface area contributed by atoms with Crippen molar-refractivity contribution in [1.29, 1.82) is 0 Å². The van der Waals surface area contributed by atoms with Crippen molar-refractivity contribution in [3.05, 3.63) is 12.4 Å². The molecular formula is C8H9N5O2. The summed E-state index contributed by atoms with van der Waals surface area (Å²) in [6.07, 6.45) is 3.75. The number of hydrogen-bond acceptors (Lipinski definition) is 4. The fraction of sp³-hybridized carbons (Fsp3) is 0.250. The molecule has 1 aliphatic rings. The Morgan fingerprint density at radius 2 is 2.33 bits per heavy atom. The third kappa shape index (κ3) is 2.19. The number of nitrogens with zero attached hydrogens (tertiary/aromatic N) is 2. The van der Waals surface area contributed by atoms with E-state index in [1.807, 2.05) is 0 Å². The summed E-state index contributed by atoms with van der Waals surface area (Å²) in [5.41, 5.74) is 2.55. The molecule has 0 unspecified atom stereocenters. The average Bonchev–Trinajstić information content (AvgIpc) is 2.71. The van der Waals surface area contributed by atoms with E-state index in [2.05, 4.69) is 25.8 Å². The highest BCUT2D eigenvalue weighted by Gasteiger charge is 2.18. The molecule has 7 heteroatoms. The van der Waals surface area contributed by atoms with Crippen LogP contribution in [0.15, 0.2) is 17.5 Å². The molecule has 0 fully saturated rings. The number of anilines is 1.